The fraction of sp³-hybridized carbons (Fsp3) is 0.0968. The lowest BCUT2D eigenvalue weighted by molar-refractivity contribution is 0.102. The predicted octanol–water partition coefficient (Wildman–Crippen LogP) is 6.59. The molecule has 0 saturated heterocycles. The number of hydrogen-bond donors (Lipinski definition) is 1. The molecule has 0 unspecified atom stereocenters. The monoisotopic (exact) mass is 516 g/mol. The van der Waals surface area contributed by atoms with E-state index >= 15 is 0 Å². The van der Waals surface area contributed by atoms with Gasteiger partial charge in [-0.15, -0.1) is 11.3 Å². The first kappa shape index (κ1) is 23.8. The molecular formula is C31H24N4O2S. The van der Waals surface area contributed by atoms with E-state index in [1.165, 1.54) is 5.56 Å². The Morgan fingerprint density at radius 3 is 2.47 bits per heavy atom. The summed E-state index contributed by atoms with van der Waals surface area (Å²) in [7, 11) is 0. The highest BCUT2D eigenvalue weighted by molar-refractivity contribution is 7.21. The number of thiazole rings is 1. The highest BCUT2D eigenvalue weighted by Gasteiger charge is 2.17. The predicted molar refractivity (Wildman–Crippen MR) is 154 cm³/mol. The molecule has 0 fully saturated rings. The quantitative estimate of drug-likeness (QED) is 0.280. The van der Waals surface area contributed by atoms with Crippen LogP contribution in [0.25, 0.3) is 31.8 Å². The Hall–Kier alpha value is -4.62. The van der Waals surface area contributed by atoms with Crippen LogP contribution in [0.2, 0.25) is 0 Å². The second kappa shape index (κ2) is 9.68. The van der Waals surface area contributed by atoms with Gasteiger partial charge in [-0.1, -0.05) is 35.9 Å². The average Bonchev–Trinajstić information content (AvgIpc) is 3.35. The summed E-state index contributed by atoms with van der Waals surface area (Å²) in [6.45, 7) is 4.41. The van der Waals surface area contributed by atoms with Gasteiger partial charge in [0.25, 0.3) is 11.5 Å². The maximum Gasteiger partial charge on any atom is 0.265 e. The molecule has 7 heteroatoms. The van der Waals surface area contributed by atoms with Gasteiger partial charge in [0, 0.05) is 22.8 Å². The van der Waals surface area contributed by atoms with Crippen LogP contribution in [-0.2, 0) is 6.54 Å². The summed E-state index contributed by atoms with van der Waals surface area (Å²) in [5.74, 6) is -0.457. The normalized spacial score (nSPS) is 11.2. The van der Waals surface area contributed by atoms with Gasteiger partial charge in [-0.25, -0.2) is 9.97 Å². The number of nitrogens with one attached hydrogen (secondary N) is 1. The topological polar surface area (TPSA) is 76.9 Å². The molecule has 3 heterocycles. The van der Waals surface area contributed by atoms with E-state index in [2.05, 4.69) is 29.4 Å². The highest BCUT2D eigenvalue weighted by atomic mass is 32.1. The van der Waals surface area contributed by atoms with Gasteiger partial charge in [0.15, 0.2) is 0 Å². The minimum Gasteiger partial charge on any atom is -0.322 e. The third-order valence-electron chi connectivity index (χ3n) is 6.49. The third kappa shape index (κ3) is 4.60. The van der Waals surface area contributed by atoms with Crippen LogP contribution < -0.4 is 10.9 Å². The Morgan fingerprint density at radius 1 is 0.921 bits per heavy atom. The molecule has 3 aromatic carbocycles. The number of rotatable bonds is 5. The number of benzene rings is 3. The lowest BCUT2D eigenvalue weighted by Crippen LogP contribution is -2.30. The first-order chi connectivity index (χ1) is 18.4. The smallest absolute Gasteiger partial charge is 0.265 e. The molecule has 0 bridgehead atoms. The first-order valence-electron chi connectivity index (χ1n) is 12.3. The first-order valence-corrected chi connectivity index (χ1v) is 13.1. The number of pyridine rings is 2. The van der Waals surface area contributed by atoms with Crippen LogP contribution in [-0.4, -0.2) is 20.4 Å². The van der Waals surface area contributed by atoms with Gasteiger partial charge >= 0.3 is 0 Å². The average molecular weight is 517 g/mol. The van der Waals surface area contributed by atoms with E-state index in [0.717, 1.165) is 37.3 Å². The molecule has 0 radical (unpaired) electrons. The molecule has 0 atom stereocenters. The van der Waals surface area contributed by atoms with Crippen LogP contribution in [0.1, 0.15) is 27.0 Å². The zero-order chi connectivity index (χ0) is 26.2. The second-order valence-corrected chi connectivity index (χ2v) is 10.4. The minimum absolute atomic E-state index is 0.0724. The molecule has 0 saturated carbocycles. The summed E-state index contributed by atoms with van der Waals surface area (Å²) in [5, 5.41) is 4.53. The molecule has 6 aromatic rings. The molecular weight excluding hydrogens is 492 g/mol. The van der Waals surface area contributed by atoms with Crippen LogP contribution in [0.5, 0.6) is 0 Å². The number of aryl methyl sites for hydroxylation is 2. The van der Waals surface area contributed by atoms with Crippen molar-refractivity contribution in [2.75, 3.05) is 5.32 Å². The molecule has 0 aliphatic heterocycles. The maximum atomic E-state index is 13.5. The number of hydrogen-bond acceptors (Lipinski definition) is 5. The third-order valence-corrected chi connectivity index (χ3v) is 7.55. The number of fused-ring (bicyclic) bond motifs is 2. The Labute approximate surface area is 223 Å². The summed E-state index contributed by atoms with van der Waals surface area (Å²) in [6, 6.07) is 27.0. The Bertz CT molecular complexity index is 1870. The van der Waals surface area contributed by atoms with Crippen LogP contribution in [0, 0.1) is 13.8 Å². The molecule has 1 N–H and O–H groups in total. The van der Waals surface area contributed by atoms with E-state index in [9.17, 15) is 9.59 Å². The Morgan fingerprint density at radius 2 is 1.68 bits per heavy atom. The van der Waals surface area contributed by atoms with E-state index in [1.807, 2.05) is 67.6 Å². The van der Waals surface area contributed by atoms with Gasteiger partial charge in [0.2, 0.25) is 0 Å². The number of anilines is 1. The molecule has 0 aliphatic rings. The van der Waals surface area contributed by atoms with Crippen molar-refractivity contribution in [3.63, 3.8) is 0 Å². The number of nitrogens with zero attached hydrogens (tertiary/aromatic N) is 3. The van der Waals surface area contributed by atoms with Gasteiger partial charge in [-0.3, -0.25) is 14.2 Å². The summed E-state index contributed by atoms with van der Waals surface area (Å²) >= 11 is 1.64. The largest absolute Gasteiger partial charge is 0.322 e. The van der Waals surface area contributed by atoms with Crippen molar-refractivity contribution in [3.05, 3.63) is 124 Å². The molecule has 38 heavy (non-hydrogen) atoms. The van der Waals surface area contributed by atoms with Crippen molar-refractivity contribution in [3.8, 4) is 10.6 Å². The van der Waals surface area contributed by atoms with Gasteiger partial charge in [0.05, 0.1) is 16.8 Å². The minimum atomic E-state index is -0.457. The van der Waals surface area contributed by atoms with E-state index in [4.69, 9.17) is 4.98 Å². The second-order valence-electron chi connectivity index (χ2n) is 9.37. The summed E-state index contributed by atoms with van der Waals surface area (Å²) < 4.78 is 2.71. The van der Waals surface area contributed by atoms with Crippen molar-refractivity contribution >= 4 is 44.2 Å². The Balaban J connectivity index is 1.29. The number of carbonyl (C=O) groups excluding carboxylic acids is 1. The van der Waals surface area contributed by atoms with E-state index < -0.39 is 5.91 Å². The van der Waals surface area contributed by atoms with Crippen LogP contribution in [0.4, 0.5) is 5.69 Å². The van der Waals surface area contributed by atoms with Crippen LogP contribution in [0.3, 0.4) is 0 Å². The molecule has 186 valence electrons. The van der Waals surface area contributed by atoms with Crippen molar-refractivity contribution in [1.29, 1.82) is 0 Å². The van der Waals surface area contributed by atoms with E-state index in [1.54, 1.807) is 34.2 Å². The lowest BCUT2D eigenvalue weighted by atomic mass is 10.1. The summed E-state index contributed by atoms with van der Waals surface area (Å²) in [5.41, 5.74) is 6.09. The van der Waals surface area contributed by atoms with Gasteiger partial charge in [0.1, 0.15) is 16.2 Å². The Kier molecular flexibility index (Phi) is 6.05. The molecule has 0 spiro atoms. The molecule has 6 rings (SSSR count). The molecule has 3 aromatic heterocycles. The summed E-state index contributed by atoms with van der Waals surface area (Å²) in [6.07, 6.45) is 1.65. The van der Waals surface area contributed by atoms with E-state index in [-0.39, 0.29) is 11.1 Å². The van der Waals surface area contributed by atoms with Crippen molar-refractivity contribution in [1.82, 2.24) is 14.5 Å². The van der Waals surface area contributed by atoms with Crippen molar-refractivity contribution in [2.45, 2.75) is 20.4 Å². The fourth-order valence-electron chi connectivity index (χ4n) is 4.44. The zero-order valence-electron chi connectivity index (χ0n) is 20.9. The molecule has 0 aliphatic carbocycles. The number of aromatic nitrogens is 3. The van der Waals surface area contributed by atoms with Crippen molar-refractivity contribution in [2.24, 2.45) is 0 Å². The van der Waals surface area contributed by atoms with Gasteiger partial charge < -0.3 is 5.32 Å². The molecule has 1 amide bonds. The van der Waals surface area contributed by atoms with Gasteiger partial charge in [-0.2, -0.15) is 0 Å². The van der Waals surface area contributed by atoms with Gasteiger partial charge in [-0.05, 0) is 79.6 Å². The SMILES string of the molecule is Cc1ccc(Cn2c(=O)c(C(=O)Nc3ccc(-c4nc5ccc(C)cc5s4)cc3)cc3cccnc32)cc1. The van der Waals surface area contributed by atoms with Crippen LogP contribution >= 0.6 is 11.3 Å². The zero-order valence-corrected chi connectivity index (χ0v) is 21.8. The highest BCUT2D eigenvalue weighted by Crippen LogP contribution is 2.31. The maximum absolute atomic E-state index is 13.5. The fourth-order valence-corrected chi connectivity index (χ4v) is 5.51. The van der Waals surface area contributed by atoms with Crippen LogP contribution in [0.15, 0.2) is 95.9 Å². The molecule has 6 nitrogen and oxygen atoms in total. The number of carbonyl (C=O) groups is 1. The van der Waals surface area contributed by atoms with E-state index in [0.29, 0.717) is 17.9 Å². The van der Waals surface area contributed by atoms with Crippen molar-refractivity contribution < 1.29 is 4.79 Å². The number of amides is 1. The summed E-state index contributed by atoms with van der Waals surface area (Å²) in [4.78, 5) is 35.9. The lowest BCUT2D eigenvalue weighted by Gasteiger charge is -2.13. The standard InChI is InChI=1S/C31H24N4O2S/c1-19-5-8-21(9-6-19)18-35-28-23(4-3-15-32-28)17-25(31(35)37)29(36)33-24-12-10-22(11-13-24)30-34-26-14-7-20(2)16-27(26)38-30/h3-17H,18H2,1-2H3,(H,33,36).